The quantitative estimate of drug-likeness (QED) is 0.930. The number of nitrogens with zero attached hydrogens (tertiary/aromatic N) is 1. The Morgan fingerprint density at radius 2 is 1.91 bits per heavy atom. The Bertz CT molecular complexity index is 848. The number of primary sulfonamides is 1. The molecule has 0 saturated carbocycles. The molecule has 2 aromatic rings. The zero-order valence-electron chi connectivity index (χ0n) is 13.0. The number of rotatable bonds is 4. The monoisotopic (exact) mass is 332 g/mol. The first-order valence-corrected chi connectivity index (χ1v) is 9.33. The lowest BCUT2D eigenvalue weighted by Gasteiger charge is -2.25. The van der Waals surface area contributed by atoms with E-state index in [9.17, 15) is 13.2 Å². The van der Waals surface area contributed by atoms with Gasteiger partial charge in [-0.3, -0.25) is 4.79 Å². The molecule has 0 spiro atoms. The number of fused-ring (bicyclic) bond motifs is 1. The van der Waals surface area contributed by atoms with E-state index in [1.54, 1.807) is 4.90 Å². The number of carbonyl (C=O) groups is 1. The lowest BCUT2D eigenvalue weighted by Crippen LogP contribution is -2.30. The molecule has 5 nitrogen and oxygen atoms in total. The highest BCUT2D eigenvalue weighted by Gasteiger charge is 2.34. The van der Waals surface area contributed by atoms with E-state index in [-0.39, 0.29) is 30.0 Å². The third-order valence-corrected chi connectivity index (χ3v) is 5.37. The molecule has 0 aromatic heterocycles. The maximum absolute atomic E-state index is 12.2. The van der Waals surface area contributed by atoms with Crippen molar-refractivity contribution in [2.75, 3.05) is 12.3 Å². The normalized spacial score (nSPS) is 20.2. The van der Waals surface area contributed by atoms with Crippen molar-refractivity contribution >= 4 is 26.7 Å². The molecule has 1 aliphatic rings. The second kappa shape index (κ2) is 5.94. The molecular formula is C17H20N2O3S. The second-order valence-electron chi connectivity index (χ2n) is 6.23. The molecule has 0 aliphatic carbocycles. The van der Waals surface area contributed by atoms with Crippen LogP contribution in [0.3, 0.4) is 0 Å². The summed E-state index contributed by atoms with van der Waals surface area (Å²) in [6.07, 6.45) is 0.244. The highest BCUT2D eigenvalue weighted by Crippen LogP contribution is 2.30. The molecule has 0 bridgehead atoms. The van der Waals surface area contributed by atoms with Crippen LogP contribution in [-0.4, -0.2) is 31.5 Å². The van der Waals surface area contributed by atoms with E-state index >= 15 is 0 Å². The van der Waals surface area contributed by atoms with Gasteiger partial charge in [-0.1, -0.05) is 36.4 Å². The molecule has 1 saturated heterocycles. The number of benzene rings is 2. The van der Waals surface area contributed by atoms with Gasteiger partial charge in [-0.05, 0) is 29.3 Å². The topological polar surface area (TPSA) is 80.5 Å². The van der Waals surface area contributed by atoms with E-state index in [0.717, 1.165) is 16.3 Å². The van der Waals surface area contributed by atoms with Gasteiger partial charge in [0.25, 0.3) is 0 Å². The number of likely N-dealkylation sites (tertiary alicyclic amines) is 1. The van der Waals surface area contributed by atoms with Gasteiger partial charge < -0.3 is 4.90 Å². The summed E-state index contributed by atoms with van der Waals surface area (Å²) in [5.41, 5.74) is 1.05. The molecule has 23 heavy (non-hydrogen) atoms. The molecule has 1 aliphatic heterocycles. The maximum atomic E-state index is 12.2. The van der Waals surface area contributed by atoms with Crippen molar-refractivity contribution in [1.29, 1.82) is 0 Å². The summed E-state index contributed by atoms with van der Waals surface area (Å²) < 4.78 is 22.5. The number of hydrogen-bond donors (Lipinski definition) is 1. The molecule has 3 rings (SSSR count). The molecule has 1 heterocycles. The van der Waals surface area contributed by atoms with Crippen molar-refractivity contribution in [2.45, 2.75) is 19.4 Å². The van der Waals surface area contributed by atoms with Crippen molar-refractivity contribution in [3.05, 3.63) is 48.0 Å². The van der Waals surface area contributed by atoms with Crippen LogP contribution in [0.5, 0.6) is 0 Å². The van der Waals surface area contributed by atoms with Crippen LogP contribution in [0.2, 0.25) is 0 Å². The van der Waals surface area contributed by atoms with Gasteiger partial charge in [-0.15, -0.1) is 0 Å². The maximum Gasteiger partial charge on any atom is 0.223 e. The van der Waals surface area contributed by atoms with Crippen molar-refractivity contribution in [2.24, 2.45) is 11.1 Å². The fraction of sp³-hybridized carbons (Fsp3) is 0.353. The van der Waals surface area contributed by atoms with Gasteiger partial charge in [-0.2, -0.15) is 0 Å². The highest BCUT2D eigenvalue weighted by atomic mass is 32.2. The smallest absolute Gasteiger partial charge is 0.223 e. The number of hydrogen-bond acceptors (Lipinski definition) is 3. The zero-order valence-corrected chi connectivity index (χ0v) is 13.8. The minimum Gasteiger partial charge on any atom is -0.336 e. The van der Waals surface area contributed by atoms with E-state index in [2.05, 4.69) is 6.07 Å². The van der Waals surface area contributed by atoms with Gasteiger partial charge in [0, 0.05) is 18.9 Å². The van der Waals surface area contributed by atoms with E-state index < -0.39 is 10.0 Å². The SMILES string of the molecule is CC(c1ccc2ccccc2c1)N1CC(CS(N)(=O)=O)CC1=O. The van der Waals surface area contributed by atoms with Crippen molar-refractivity contribution in [3.8, 4) is 0 Å². The van der Waals surface area contributed by atoms with E-state index in [4.69, 9.17) is 5.14 Å². The molecule has 1 amide bonds. The van der Waals surface area contributed by atoms with Gasteiger partial charge in [-0.25, -0.2) is 13.6 Å². The average molecular weight is 332 g/mol. The Morgan fingerprint density at radius 3 is 2.61 bits per heavy atom. The number of carbonyl (C=O) groups excluding carboxylic acids is 1. The highest BCUT2D eigenvalue weighted by molar-refractivity contribution is 7.89. The summed E-state index contributed by atoms with van der Waals surface area (Å²) >= 11 is 0. The largest absolute Gasteiger partial charge is 0.336 e. The van der Waals surface area contributed by atoms with Crippen LogP contribution in [0.15, 0.2) is 42.5 Å². The molecule has 6 heteroatoms. The number of amides is 1. The lowest BCUT2D eigenvalue weighted by molar-refractivity contribution is -0.129. The van der Waals surface area contributed by atoms with Crippen LogP contribution in [-0.2, 0) is 14.8 Å². The van der Waals surface area contributed by atoms with Crippen LogP contribution < -0.4 is 5.14 Å². The van der Waals surface area contributed by atoms with Crippen LogP contribution >= 0.6 is 0 Å². The lowest BCUT2D eigenvalue weighted by atomic mass is 10.0. The Kier molecular flexibility index (Phi) is 4.12. The standard InChI is InChI=1S/C17H20N2O3S/c1-12(15-7-6-14-4-2-3-5-16(14)9-15)19-10-13(8-17(19)20)11-23(18,21)22/h2-7,9,12-13H,8,10-11H2,1H3,(H2,18,21,22). The van der Waals surface area contributed by atoms with Crippen LogP contribution in [0.25, 0.3) is 10.8 Å². The second-order valence-corrected chi connectivity index (χ2v) is 7.89. The van der Waals surface area contributed by atoms with Gasteiger partial charge in [0.15, 0.2) is 0 Å². The van der Waals surface area contributed by atoms with Crippen LogP contribution in [0.1, 0.15) is 24.9 Å². The van der Waals surface area contributed by atoms with Gasteiger partial charge >= 0.3 is 0 Å². The van der Waals surface area contributed by atoms with Gasteiger partial charge in [0.1, 0.15) is 0 Å². The summed E-state index contributed by atoms with van der Waals surface area (Å²) in [7, 11) is -3.55. The molecule has 1 fully saturated rings. The Balaban J connectivity index is 1.81. The van der Waals surface area contributed by atoms with Crippen molar-refractivity contribution in [1.82, 2.24) is 4.90 Å². The third kappa shape index (κ3) is 3.54. The summed E-state index contributed by atoms with van der Waals surface area (Å²) in [6.45, 7) is 2.41. The third-order valence-electron chi connectivity index (χ3n) is 4.43. The number of nitrogens with two attached hydrogens (primary N) is 1. The molecule has 2 aromatic carbocycles. The predicted molar refractivity (Wildman–Crippen MR) is 90.2 cm³/mol. The molecule has 0 radical (unpaired) electrons. The zero-order chi connectivity index (χ0) is 16.6. The van der Waals surface area contributed by atoms with Crippen LogP contribution in [0, 0.1) is 5.92 Å². The molecule has 122 valence electrons. The predicted octanol–water partition coefficient (Wildman–Crippen LogP) is 2.04. The minimum absolute atomic E-state index is 0.0145. The van der Waals surface area contributed by atoms with E-state index in [1.807, 2.05) is 43.3 Å². The first-order valence-electron chi connectivity index (χ1n) is 7.62. The fourth-order valence-electron chi connectivity index (χ4n) is 3.27. The van der Waals surface area contributed by atoms with E-state index in [0.29, 0.717) is 6.54 Å². The summed E-state index contributed by atoms with van der Waals surface area (Å²) in [5.74, 6) is -0.376. The first kappa shape index (κ1) is 16.0. The van der Waals surface area contributed by atoms with Gasteiger partial charge in [0.2, 0.25) is 15.9 Å². The summed E-state index contributed by atoms with van der Waals surface area (Å²) in [5, 5.41) is 7.38. The summed E-state index contributed by atoms with van der Waals surface area (Å²) in [6, 6.07) is 14.1. The molecular weight excluding hydrogens is 312 g/mol. The van der Waals surface area contributed by atoms with Crippen molar-refractivity contribution < 1.29 is 13.2 Å². The molecule has 2 N–H and O–H groups in total. The molecule has 2 unspecified atom stereocenters. The van der Waals surface area contributed by atoms with Gasteiger partial charge in [0.05, 0.1) is 11.8 Å². The summed E-state index contributed by atoms with van der Waals surface area (Å²) in [4.78, 5) is 14.0. The number of sulfonamides is 1. The minimum atomic E-state index is -3.55. The Morgan fingerprint density at radius 1 is 1.22 bits per heavy atom. The van der Waals surface area contributed by atoms with Crippen LogP contribution in [0.4, 0.5) is 0 Å². The Hall–Kier alpha value is -1.92. The molecule has 2 atom stereocenters. The Labute approximate surface area is 136 Å². The average Bonchev–Trinajstić information content (AvgIpc) is 2.84. The fourth-order valence-corrected chi connectivity index (χ4v) is 4.15. The first-order chi connectivity index (χ1) is 10.8. The van der Waals surface area contributed by atoms with Crippen molar-refractivity contribution in [3.63, 3.8) is 0 Å². The van der Waals surface area contributed by atoms with E-state index in [1.165, 1.54) is 0 Å².